The highest BCUT2D eigenvalue weighted by Crippen LogP contribution is 2.36. The van der Waals surface area contributed by atoms with E-state index in [9.17, 15) is 18.1 Å². The summed E-state index contributed by atoms with van der Waals surface area (Å²) in [5, 5.41) is 12.9. The normalized spacial score (nSPS) is 11.8. The third kappa shape index (κ3) is 9.64. The Kier molecular flexibility index (Phi) is 11.4. The quantitative estimate of drug-likeness (QED) is 0.0864. The number of carbonyl (C=O) groups is 1. The van der Waals surface area contributed by atoms with Gasteiger partial charge in [-0.1, -0.05) is 6.07 Å². The average molecular weight is 650 g/mol. The molecule has 0 saturated heterocycles. The number of halogens is 2. The summed E-state index contributed by atoms with van der Waals surface area (Å²) in [7, 11) is -3.01. The predicted octanol–water partition coefficient (Wildman–Crippen LogP) is 4.15. The maximum Gasteiger partial charge on any atom is 0.469 e. The molecule has 0 saturated carbocycles. The summed E-state index contributed by atoms with van der Waals surface area (Å²) in [5.41, 5.74) is 0.726. The van der Waals surface area contributed by atoms with Gasteiger partial charge in [0.05, 0.1) is 37.9 Å². The minimum Gasteiger partial charge on any atom is -0.493 e. The van der Waals surface area contributed by atoms with Crippen LogP contribution in [-0.2, 0) is 20.3 Å². The summed E-state index contributed by atoms with van der Waals surface area (Å²) in [6.45, 7) is 5.18. The summed E-state index contributed by atoms with van der Waals surface area (Å²) < 4.78 is 54.4. The number of carbonyl (C=O) groups excluding carboxylic acids is 1. The van der Waals surface area contributed by atoms with Crippen LogP contribution in [0.4, 0.5) is 26.1 Å². The van der Waals surface area contributed by atoms with Gasteiger partial charge in [0.2, 0.25) is 5.91 Å². The van der Waals surface area contributed by atoms with Crippen molar-refractivity contribution in [1.82, 2.24) is 25.1 Å². The van der Waals surface area contributed by atoms with Gasteiger partial charge in [-0.15, -0.1) is 0 Å². The van der Waals surface area contributed by atoms with Crippen LogP contribution >= 0.6 is 7.82 Å². The number of benzene rings is 2. The van der Waals surface area contributed by atoms with Gasteiger partial charge in [-0.2, -0.15) is 5.10 Å². The largest absolute Gasteiger partial charge is 0.493 e. The van der Waals surface area contributed by atoms with E-state index < -0.39 is 25.4 Å². The fraction of sp³-hybridized carbons (Fsp3) is 0.357. The molecule has 4 rings (SSSR count). The second-order valence-corrected chi connectivity index (χ2v) is 11.4. The van der Waals surface area contributed by atoms with Crippen molar-refractivity contribution >= 4 is 42.0 Å². The summed E-state index contributed by atoms with van der Waals surface area (Å²) >= 11 is 0. The van der Waals surface area contributed by atoms with Crippen LogP contribution < -0.4 is 20.1 Å². The molecule has 2 aromatic carbocycles. The molecule has 0 spiro atoms. The molecule has 45 heavy (non-hydrogen) atoms. The molecule has 1 amide bonds. The molecular formula is C28H34F2N7O7P. The van der Waals surface area contributed by atoms with E-state index in [2.05, 4.69) is 35.3 Å². The zero-order chi connectivity index (χ0) is 32.6. The lowest BCUT2D eigenvalue weighted by molar-refractivity contribution is -0.115. The van der Waals surface area contributed by atoms with Gasteiger partial charge in [-0.25, -0.2) is 23.3 Å². The third-order valence-corrected chi connectivity index (χ3v) is 7.11. The van der Waals surface area contributed by atoms with Crippen LogP contribution in [0.5, 0.6) is 11.5 Å². The smallest absolute Gasteiger partial charge is 0.469 e. The molecule has 4 aromatic rings. The Morgan fingerprint density at radius 1 is 1.11 bits per heavy atom. The molecule has 17 heteroatoms. The van der Waals surface area contributed by atoms with Crippen LogP contribution in [0, 0.1) is 11.6 Å². The fourth-order valence-electron chi connectivity index (χ4n) is 4.40. The number of fused-ring (bicyclic) bond motifs is 1. The van der Waals surface area contributed by atoms with E-state index in [1.54, 1.807) is 18.2 Å². The molecule has 0 aliphatic rings. The van der Waals surface area contributed by atoms with Crippen LogP contribution in [-0.4, -0.2) is 80.2 Å². The number of rotatable bonds is 16. The number of methoxy groups -OCH3 is 1. The monoisotopic (exact) mass is 649 g/mol. The van der Waals surface area contributed by atoms with Crippen LogP contribution in [0.15, 0.2) is 42.7 Å². The molecule has 0 radical (unpaired) electrons. The number of phosphoric acid groups is 1. The van der Waals surface area contributed by atoms with E-state index in [4.69, 9.17) is 19.3 Å². The van der Waals surface area contributed by atoms with E-state index in [0.717, 1.165) is 6.07 Å². The highest BCUT2D eigenvalue weighted by molar-refractivity contribution is 7.46. The molecule has 5 N–H and O–H groups in total. The first-order valence-corrected chi connectivity index (χ1v) is 15.4. The van der Waals surface area contributed by atoms with E-state index >= 15 is 0 Å². The third-order valence-electron chi connectivity index (χ3n) is 6.59. The standard InChI is InChI=1S/C28H34F2N7O7P/c1-17(2)37(9-11-44-45(39,40)41)8-5-10-43-24-15-22-19(14-23(24)42-3)28(32-16-31-22)34-25-12-18(35-36-25)13-26(38)33-21-7-4-6-20(29)27(21)30/h4,6-7,12,14-17H,5,8-11,13H2,1-3H3,(H,33,38)(H2,39,40,41)(H2,31,32,34,35,36). The lowest BCUT2D eigenvalue weighted by atomic mass is 10.2. The summed E-state index contributed by atoms with van der Waals surface area (Å²) in [6.07, 6.45) is 1.83. The Morgan fingerprint density at radius 2 is 1.91 bits per heavy atom. The van der Waals surface area contributed by atoms with Crippen molar-refractivity contribution < 1.29 is 41.9 Å². The summed E-state index contributed by atoms with van der Waals surface area (Å²) in [6, 6.07) is 8.69. The van der Waals surface area contributed by atoms with Gasteiger partial charge in [0.1, 0.15) is 12.1 Å². The van der Waals surface area contributed by atoms with Gasteiger partial charge < -0.3 is 29.9 Å². The van der Waals surface area contributed by atoms with Crippen LogP contribution in [0.2, 0.25) is 0 Å². The average Bonchev–Trinajstić information content (AvgIpc) is 3.42. The number of phosphoric ester groups is 1. The minimum absolute atomic E-state index is 0.0927. The van der Waals surface area contributed by atoms with Crippen LogP contribution in [0.3, 0.4) is 0 Å². The summed E-state index contributed by atoms with van der Waals surface area (Å²) in [5.74, 6) is -1.08. The second kappa shape index (κ2) is 15.2. The van der Waals surface area contributed by atoms with Gasteiger partial charge in [0, 0.05) is 42.3 Å². The first-order chi connectivity index (χ1) is 21.4. The van der Waals surface area contributed by atoms with E-state index in [-0.39, 0.29) is 24.8 Å². The van der Waals surface area contributed by atoms with Gasteiger partial charge in [-0.3, -0.25) is 19.3 Å². The lowest BCUT2D eigenvalue weighted by Gasteiger charge is -2.26. The van der Waals surface area contributed by atoms with Crippen molar-refractivity contribution in [1.29, 1.82) is 0 Å². The molecule has 2 heterocycles. The molecule has 0 aliphatic heterocycles. The Hall–Kier alpha value is -4.21. The van der Waals surface area contributed by atoms with Gasteiger partial charge in [0.15, 0.2) is 29.0 Å². The second-order valence-electron chi connectivity index (χ2n) is 10.1. The number of hydrogen-bond acceptors (Lipinski definition) is 10. The molecule has 14 nitrogen and oxygen atoms in total. The maximum absolute atomic E-state index is 13.9. The number of nitrogens with one attached hydrogen (secondary N) is 3. The summed E-state index contributed by atoms with van der Waals surface area (Å²) in [4.78, 5) is 40.8. The Labute approximate surface area is 257 Å². The van der Waals surface area contributed by atoms with Crippen molar-refractivity contribution in [3.8, 4) is 11.5 Å². The Bertz CT molecular complexity index is 1670. The van der Waals surface area contributed by atoms with Gasteiger partial charge in [-0.05, 0) is 38.5 Å². The van der Waals surface area contributed by atoms with Crippen LogP contribution in [0.1, 0.15) is 26.0 Å². The van der Waals surface area contributed by atoms with Crippen molar-refractivity contribution in [2.24, 2.45) is 0 Å². The van der Waals surface area contributed by atoms with Gasteiger partial charge >= 0.3 is 7.82 Å². The highest BCUT2D eigenvalue weighted by Gasteiger charge is 2.17. The first-order valence-electron chi connectivity index (χ1n) is 13.9. The molecule has 0 aliphatic carbocycles. The first kappa shape index (κ1) is 33.7. The zero-order valence-corrected chi connectivity index (χ0v) is 25.7. The minimum atomic E-state index is -4.51. The van der Waals surface area contributed by atoms with Crippen molar-refractivity contribution in [2.75, 3.05) is 44.0 Å². The number of ether oxygens (including phenoxy) is 2. The number of aromatic amines is 1. The molecular weight excluding hydrogens is 615 g/mol. The van der Waals surface area contributed by atoms with Crippen molar-refractivity contribution in [3.05, 3.63) is 60.1 Å². The predicted molar refractivity (Wildman–Crippen MR) is 161 cm³/mol. The number of aromatic nitrogens is 4. The zero-order valence-electron chi connectivity index (χ0n) is 24.8. The van der Waals surface area contributed by atoms with Gasteiger partial charge in [0.25, 0.3) is 0 Å². The molecule has 0 fully saturated rings. The molecule has 2 aromatic heterocycles. The van der Waals surface area contributed by atoms with E-state index in [1.165, 1.54) is 25.6 Å². The number of anilines is 3. The lowest BCUT2D eigenvalue weighted by Crippen LogP contribution is -2.35. The topological polar surface area (TPSA) is 184 Å². The molecule has 0 atom stereocenters. The number of hydrogen-bond donors (Lipinski definition) is 5. The van der Waals surface area contributed by atoms with Crippen molar-refractivity contribution in [3.63, 3.8) is 0 Å². The SMILES string of the molecule is COc1cc2c(Nc3cc(CC(=O)Nc4cccc(F)c4F)[nH]n3)ncnc2cc1OCCCN(CCOP(=O)(O)O)C(C)C. The van der Waals surface area contributed by atoms with E-state index in [0.29, 0.717) is 65.8 Å². The van der Waals surface area contributed by atoms with E-state index in [1.807, 2.05) is 18.7 Å². The molecule has 0 bridgehead atoms. The number of nitrogens with zero attached hydrogens (tertiary/aromatic N) is 4. The fourth-order valence-corrected chi connectivity index (χ4v) is 4.72. The number of amides is 1. The molecule has 242 valence electrons. The Morgan fingerprint density at radius 3 is 2.64 bits per heavy atom. The maximum atomic E-state index is 13.9. The van der Waals surface area contributed by atoms with Crippen LogP contribution in [0.25, 0.3) is 10.9 Å². The Balaban J connectivity index is 1.37. The molecule has 0 unspecified atom stereocenters. The van der Waals surface area contributed by atoms with Crippen molar-refractivity contribution in [2.45, 2.75) is 32.7 Å². The highest BCUT2D eigenvalue weighted by atomic mass is 31.2. The number of H-pyrrole nitrogens is 1.